The van der Waals surface area contributed by atoms with E-state index < -0.39 is 0 Å². The number of hydrogen-bond donors (Lipinski definition) is 2. The molecule has 0 bridgehead atoms. The van der Waals surface area contributed by atoms with E-state index in [1.807, 2.05) is 18.5 Å². The summed E-state index contributed by atoms with van der Waals surface area (Å²) in [5, 5.41) is 5.32. The first kappa shape index (κ1) is 12.2. The van der Waals surface area contributed by atoms with Gasteiger partial charge in [-0.1, -0.05) is 18.7 Å². The second-order valence-electron chi connectivity index (χ2n) is 4.66. The Morgan fingerprint density at radius 3 is 2.82 bits per heavy atom. The van der Waals surface area contributed by atoms with Crippen LogP contribution in [0.4, 0.5) is 5.82 Å². The molecule has 0 unspecified atom stereocenters. The minimum absolute atomic E-state index is 0.0359. The molecule has 2 aromatic rings. The van der Waals surface area contributed by atoms with Gasteiger partial charge in [0.1, 0.15) is 11.5 Å². The third kappa shape index (κ3) is 2.54. The predicted molar refractivity (Wildman–Crippen MR) is 73.7 cm³/mol. The topological polar surface area (TPSA) is 53.6 Å². The largest absolute Gasteiger partial charge is 0.365 e. The molecule has 0 spiro atoms. The molecule has 0 aliphatic rings. The van der Waals surface area contributed by atoms with Crippen molar-refractivity contribution in [3.8, 4) is 0 Å². The molecular weight excluding hydrogens is 232 g/mol. The first-order chi connectivity index (χ1) is 8.05. The average molecular weight is 250 g/mol. The van der Waals surface area contributed by atoms with Crippen molar-refractivity contribution >= 4 is 28.6 Å². The van der Waals surface area contributed by atoms with Crippen molar-refractivity contribution in [1.29, 1.82) is 0 Å². The first-order valence-electron chi connectivity index (χ1n) is 5.73. The van der Waals surface area contributed by atoms with E-state index in [0.717, 1.165) is 28.4 Å². The highest BCUT2D eigenvalue weighted by Crippen LogP contribution is 2.25. The molecule has 2 rings (SSSR count). The van der Waals surface area contributed by atoms with E-state index in [2.05, 4.69) is 41.0 Å². The van der Waals surface area contributed by atoms with Gasteiger partial charge in [0, 0.05) is 11.7 Å². The number of nitrogens with zero attached hydrogens (tertiary/aromatic N) is 2. The Bertz CT molecular complexity index is 518. The summed E-state index contributed by atoms with van der Waals surface area (Å²) in [4.78, 5) is 12.1. The van der Waals surface area contributed by atoms with Crippen LogP contribution in [0.25, 0.3) is 11.0 Å². The van der Waals surface area contributed by atoms with Crippen LogP contribution in [0.15, 0.2) is 17.4 Å². The Balaban J connectivity index is 2.47. The molecule has 2 aromatic heterocycles. The second-order valence-corrected chi connectivity index (χ2v) is 5.43. The molecule has 0 fully saturated rings. The Morgan fingerprint density at radius 2 is 2.18 bits per heavy atom. The lowest BCUT2D eigenvalue weighted by Gasteiger charge is -2.25. The fourth-order valence-corrected chi connectivity index (χ4v) is 1.88. The summed E-state index contributed by atoms with van der Waals surface area (Å²) >= 11 is 1.55. The maximum atomic E-state index is 4.55. The van der Waals surface area contributed by atoms with Gasteiger partial charge in [0.2, 0.25) is 0 Å². The maximum Gasteiger partial charge on any atom is 0.191 e. The minimum Gasteiger partial charge on any atom is -0.365 e. The van der Waals surface area contributed by atoms with Crippen molar-refractivity contribution in [3.63, 3.8) is 0 Å². The SMILES string of the molecule is CCC(C)(C)Nc1nc(SC)nc2[nH]ccc12. The second kappa shape index (κ2) is 4.56. The molecule has 0 atom stereocenters. The van der Waals surface area contributed by atoms with Crippen molar-refractivity contribution in [2.24, 2.45) is 0 Å². The van der Waals surface area contributed by atoms with Gasteiger partial charge in [-0.3, -0.25) is 0 Å². The monoisotopic (exact) mass is 250 g/mol. The lowest BCUT2D eigenvalue weighted by molar-refractivity contribution is 0.545. The molecule has 92 valence electrons. The third-order valence-electron chi connectivity index (χ3n) is 2.92. The summed E-state index contributed by atoms with van der Waals surface area (Å²) in [5.74, 6) is 0.910. The molecule has 0 aliphatic carbocycles. The van der Waals surface area contributed by atoms with Gasteiger partial charge in [-0.15, -0.1) is 0 Å². The summed E-state index contributed by atoms with van der Waals surface area (Å²) in [5.41, 5.74) is 0.924. The zero-order valence-electron chi connectivity index (χ0n) is 10.7. The molecule has 2 N–H and O–H groups in total. The third-order valence-corrected chi connectivity index (χ3v) is 3.47. The maximum absolute atomic E-state index is 4.55. The van der Waals surface area contributed by atoms with Crippen LogP contribution in [0.1, 0.15) is 27.2 Å². The first-order valence-corrected chi connectivity index (χ1v) is 6.95. The molecule has 0 amide bonds. The standard InChI is InChI=1S/C12H18N4S/c1-5-12(2,3)16-10-8-6-7-13-9(8)14-11(15-10)17-4/h6-7H,5H2,1-4H3,(H2,13,14,15,16). The lowest BCUT2D eigenvalue weighted by Crippen LogP contribution is -2.30. The molecule has 0 radical (unpaired) electrons. The molecule has 5 heteroatoms. The molecule has 2 heterocycles. The fourth-order valence-electron chi connectivity index (χ4n) is 1.52. The quantitative estimate of drug-likeness (QED) is 0.646. The van der Waals surface area contributed by atoms with Crippen LogP contribution in [-0.2, 0) is 0 Å². The molecule has 0 aromatic carbocycles. The van der Waals surface area contributed by atoms with E-state index in [1.165, 1.54) is 0 Å². The zero-order chi connectivity index (χ0) is 12.5. The Hall–Kier alpha value is -1.23. The average Bonchev–Trinajstić information content (AvgIpc) is 2.76. The van der Waals surface area contributed by atoms with Crippen LogP contribution in [0.5, 0.6) is 0 Å². The van der Waals surface area contributed by atoms with E-state index in [4.69, 9.17) is 0 Å². The van der Waals surface area contributed by atoms with Crippen LogP contribution in [0.2, 0.25) is 0 Å². The zero-order valence-corrected chi connectivity index (χ0v) is 11.5. The van der Waals surface area contributed by atoms with Gasteiger partial charge in [0.05, 0.1) is 5.39 Å². The van der Waals surface area contributed by atoms with E-state index in [-0.39, 0.29) is 5.54 Å². The van der Waals surface area contributed by atoms with E-state index >= 15 is 0 Å². The summed E-state index contributed by atoms with van der Waals surface area (Å²) in [7, 11) is 0. The molecule has 0 saturated heterocycles. The predicted octanol–water partition coefficient (Wildman–Crippen LogP) is 3.28. The number of aromatic nitrogens is 3. The molecule has 17 heavy (non-hydrogen) atoms. The van der Waals surface area contributed by atoms with Gasteiger partial charge in [-0.2, -0.15) is 0 Å². The summed E-state index contributed by atoms with van der Waals surface area (Å²) in [6.45, 7) is 6.51. The van der Waals surface area contributed by atoms with Crippen molar-refractivity contribution in [1.82, 2.24) is 15.0 Å². The van der Waals surface area contributed by atoms with Crippen molar-refractivity contribution < 1.29 is 0 Å². The van der Waals surface area contributed by atoms with Gasteiger partial charge in [0.25, 0.3) is 0 Å². The Labute approximate surface area is 106 Å². The van der Waals surface area contributed by atoms with Crippen molar-refractivity contribution in [2.75, 3.05) is 11.6 Å². The van der Waals surface area contributed by atoms with Gasteiger partial charge in [0.15, 0.2) is 5.16 Å². The Kier molecular flexibility index (Phi) is 3.28. The number of thioether (sulfide) groups is 1. The van der Waals surface area contributed by atoms with Crippen LogP contribution in [-0.4, -0.2) is 26.7 Å². The number of aromatic amines is 1. The van der Waals surface area contributed by atoms with E-state index in [1.54, 1.807) is 11.8 Å². The molecule has 0 aliphatic heterocycles. The Morgan fingerprint density at radius 1 is 1.41 bits per heavy atom. The highest BCUT2D eigenvalue weighted by Gasteiger charge is 2.18. The number of fused-ring (bicyclic) bond motifs is 1. The van der Waals surface area contributed by atoms with Gasteiger partial charge >= 0.3 is 0 Å². The smallest absolute Gasteiger partial charge is 0.191 e. The number of H-pyrrole nitrogens is 1. The highest BCUT2D eigenvalue weighted by atomic mass is 32.2. The summed E-state index contributed by atoms with van der Waals surface area (Å²) in [6, 6.07) is 2.01. The normalized spacial score (nSPS) is 12.0. The van der Waals surface area contributed by atoms with Gasteiger partial charge < -0.3 is 10.3 Å². The minimum atomic E-state index is 0.0359. The fraction of sp³-hybridized carbons (Fsp3) is 0.500. The number of nitrogens with one attached hydrogen (secondary N) is 2. The number of hydrogen-bond acceptors (Lipinski definition) is 4. The van der Waals surface area contributed by atoms with Crippen molar-refractivity contribution in [2.45, 2.75) is 37.9 Å². The van der Waals surface area contributed by atoms with Gasteiger partial charge in [-0.25, -0.2) is 9.97 Å². The van der Waals surface area contributed by atoms with E-state index in [9.17, 15) is 0 Å². The summed E-state index contributed by atoms with van der Waals surface area (Å²) < 4.78 is 0. The van der Waals surface area contributed by atoms with E-state index in [0.29, 0.717) is 0 Å². The van der Waals surface area contributed by atoms with Crippen LogP contribution in [0.3, 0.4) is 0 Å². The number of anilines is 1. The molecule has 0 saturated carbocycles. The van der Waals surface area contributed by atoms with Gasteiger partial charge in [-0.05, 0) is 32.6 Å². The van der Waals surface area contributed by atoms with Crippen molar-refractivity contribution in [3.05, 3.63) is 12.3 Å². The summed E-state index contributed by atoms with van der Waals surface area (Å²) in [6.07, 6.45) is 4.92. The van der Waals surface area contributed by atoms with Crippen LogP contribution >= 0.6 is 11.8 Å². The van der Waals surface area contributed by atoms with Crippen LogP contribution < -0.4 is 5.32 Å². The molecule has 4 nitrogen and oxygen atoms in total. The lowest BCUT2D eigenvalue weighted by atomic mass is 10.0. The number of rotatable bonds is 4. The highest BCUT2D eigenvalue weighted by molar-refractivity contribution is 7.98. The van der Waals surface area contributed by atoms with Crippen LogP contribution in [0, 0.1) is 0 Å². The molecular formula is C12H18N4S.